The van der Waals surface area contributed by atoms with E-state index in [4.69, 9.17) is 5.73 Å². The Morgan fingerprint density at radius 2 is 2.26 bits per heavy atom. The van der Waals surface area contributed by atoms with Crippen molar-refractivity contribution in [2.24, 2.45) is 5.92 Å². The summed E-state index contributed by atoms with van der Waals surface area (Å²) in [7, 11) is -3.31. The first-order chi connectivity index (χ1) is 8.95. The third kappa shape index (κ3) is 3.02. The zero-order valence-electron chi connectivity index (χ0n) is 11.4. The summed E-state index contributed by atoms with van der Waals surface area (Å²) >= 11 is 1.21. The van der Waals surface area contributed by atoms with Crippen molar-refractivity contribution in [3.63, 3.8) is 0 Å². The molecule has 1 aliphatic rings. The van der Waals surface area contributed by atoms with Gasteiger partial charge in [-0.25, -0.2) is 8.42 Å². The quantitative estimate of drug-likeness (QED) is 0.922. The van der Waals surface area contributed by atoms with Crippen LogP contribution < -0.4 is 10.6 Å². The zero-order valence-corrected chi connectivity index (χ0v) is 13.1. The van der Waals surface area contributed by atoms with Crippen molar-refractivity contribution in [1.29, 1.82) is 0 Å². The molecule has 108 valence electrons. The van der Waals surface area contributed by atoms with Crippen LogP contribution >= 0.6 is 11.5 Å². The van der Waals surface area contributed by atoms with Crippen LogP contribution in [0.15, 0.2) is 4.90 Å². The number of nitrogens with two attached hydrogens (primary N) is 1. The minimum Gasteiger partial charge on any atom is -0.382 e. The number of hydrogen-bond donors (Lipinski definition) is 1. The first-order valence-corrected chi connectivity index (χ1v) is 9.11. The number of aromatic nitrogens is 1. The van der Waals surface area contributed by atoms with Gasteiger partial charge in [-0.2, -0.15) is 4.37 Å². The van der Waals surface area contributed by atoms with Gasteiger partial charge in [0.05, 0.1) is 5.75 Å². The predicted octanol–water partition coefficient (Wildman–Crippen LogP) is 2.15. The van der Waals surface area contributed by atoms with Gasteiger partial charge in [-0.1, -0.05) is 13.8 Å². The van der Waals surface area contributed by atoms with E-state index in [1.165, 1.54) is 18.0 Å². The van der Waals surface area contributed by atoms with E-state index < -0.39 is 9.84 Å². The number of hydrogen-bond acceptors (Lipinski definition) is 6. The average molecular weight is 303 g/mol. The number of anilines is 2. The highest BCUT2D eigenvalue weighted by atomic mass is 32.2. The van der Waals surface area contributed by atoms with Crippen molar-refractivity contribution in [1.82, 2.24) is 4.37 Å². The molecule has 0 amide bonds. The molecule has 5 nitrogen and oxygen atoms in total. The van der Waals surface area contributed by atoms with Crippen molar-refractivity contribution in [2.45, 2.75) is 38.0 Å². The van der Waals surface area contributed by atoms with Crippen LogP contribution in [0.5, 0.6) is 0 Å². The molecule has 2 heterocycles. The van der Waals surface area contributed by atoms with Crippen LogP contribution in [-0.2, 0) is 9.84 Å². The van der Waals surface area contributed by atoms with Gasteiger partial charge in [0.15, 0.2) is 15.7 Å². The summed E-state index contributed by atoms with van der Waals surface area (Å²) in [5, 5.41) is 0.734. The van der Waals surface area contributed by atoms with Crippen LogP contribution in [0.25, 0.3) is 0 Å². The van der Waals surface area contributed by atoms with Gasteiger partial charge in [0.25, 0.3) is 0 Å². The smallest absolute Gasteiger partial charge is 0.185 e. The van der Waals surface area contributed by atoms with Gasteiger partial charge >= 0.3 is 0 Å². The fraction of sp³-hybridized carbons (Fsp3) is 0.750. The average Bonchev–Trinajstić information content (AvgIpc) is 2.72. The molecule has 2 rings (SSSR count). The van der Waals surface area contributed by atoms with E-state index in [1.807, 2.05) is 6.92 Å². The van der Waals surface area contributed by atoms with Gasteiger partial charge in [-0.3, -0.25) is 0 Å². The molecule has 2 N–H and O–H groups in total. The maximum Gasteiger partial charge on any atom is 0.185 e. The molecule has 1 saturated heterocycles. The van der Waals surface area contributed by atoms with Crippen LogP contribution in [0.3, 0.4) is 0 Å². The normalized spacial score (nSPS) is 20.7. The molecule has 1 aromatic heterocycles. The van der Waals surface area contributed by atoms with E-state index in [-0.39, 0.29) is 16.5 Å². The third-order valence-corrected chi connectivity index (χ3v) is 6.41. The van der Waals surface area contributed by atoms with Crippen molar-refractivity contribution in [3.8, 4) is 0 Å². The summed E-state index contributed by atoms with van der Waals surface area (Å²) in [5.41, 5.74) is 5.79. The fourth-order valence-corrected chi connectivity index (χ4v) is 5.32. The molecule has 19 heavy (non-hydrogen) atoms. The largest absolute Gasteiger partial charge is 0.382 e. The first kappa shape index (κ1) is 14.6. The number of rotatable bonds is 4. The van der Waals surface area contributed by atoms with Crippen LogP contribution in [0.2, 0.25) is 0 Å². The SMILES string of the molecule is CCCS(=O)(=O)c1c(N)nsc1N1CCCC(C)C1. The molecule has 0 saturated carbocycles. The van der Waals surface area contributed by atoms with Crippen molar-refractivity contribution in [2.75, 3.05) is 29.5 Å². The molecule has 0 aromatic carbocycles. The molecule has 0 radical (unpaired) electrons. The van der Waals surface area contributed by atoms with Crippen molar-refractivity contribution in [3.05, 3.63) is 0 Å². The fourth-order valence-electron chi connectivity index (χ4n) is 2.52. The van der Waals surface area contributed by atoms with E-state index in [0.717, 1.165) is 24.5 Å². The van der Waals surface area contributed by atoms with Gasteiger partial charge < -0.3 is 10.6 Å². The summed E-state index contributed by atoms with van der Waals surface area (Å²) < 4.78 is 28.7. The lowest BCUT2D eigenvalue weighted by atomic mass is 10.0. The second kappa shape index (κ2) is 5.66. The van der Waals surface area contributed by atoms with Gasteiger partial charge in [0, 0.05) is 13.1 Å². The topological polar surface area (TPSA) is 76.3 Å². The highest BCUT2D eigenvalue weighted by Crippen LogP contribution is 2.37. The van der Waals surface area contributed by atoms with Gasteiger partial charge in [0.2, 0.25) is 0 Å². The maximum atomic E-state index is 12.3. The second-order valence-electron chi connectivity index (χ2n) is 5.21. The third-order valence-electron chi connectivity index (χ3n) is 3.39. The zero-order chi connectivity index (χ0) is 14.0. The summed E-state index contributed by atoms with van der Waals surface area (Å²) in [4.78, 5) is 2.39. The maximum absolute atomic E-state index is 12.3. The van der Waals surface area contributed by atoms with Crippen LogP contribution in [-0.4, -0.2) is 31.6 Å². The van der Waals surface area contributed by atoms with E-state index in [2.05, 4.69) is 16.2 Å². The molecular weight excluding hydrogens is 282 g/mol. The van der Waals surface area contributed by atoms with E-state index >= 15 is 0 Å². The van der Waals surface area contributed by atoms with Crippen molar-refractivity contribution < 1.29 is 8.42 Å². The summed E-state index contributed by atoms with van der Waals surface area (Å²) in [6, 6.07) is 0. The minimum absolute atomic E-state index is 0.131. The molecule has 1 aromatic rings. The predicted molar refractivity (Wildman–Crippen MR) is 79.5 cm³/mol. The van der Waals surface area contributed by atoms with Crippen LogP contribution in [0.1, 0.15) is 33.1 Å². The molecular formula is C12H21N3O2S2. The Kier molecular flexibility index (Phi) is 4.35. The lowest BCUT2D eigenvalue weighted by molar-refractivity contribution is 0.447. The van der Waals surface area contributed by atoms with Crippen LogP contribution in [0, 0.1) is 5.92 Å². The van der Waals surface area contributed by atoms with Crippen molar-refractivity contribution >= 4 is 32.2 Å². The number of nitrogens with zero attached hydrogens (tertiary/aromatic N) is 2. The van der Waals surface area contributed by atoms with E-state index in [1.54, 1.807) is 0 Å². The summed E-state index contributed by atoms with van der Waals surface area (Å²) in [6.07, 6.45) is 2.88. The lowest BCUT2D eigenvalue weighted by Gasteiger charge is -2.31. The number of nitrogen functional groups attached to an aromatic ring is 1. The van der Waals surface area contributed by atoms with E-state index in [0.29, 0.717) is 12.3 Å². The molecule has 1 unspecified atom stereocenters. The Bertz CT molecular complexity index is 539. The molecule has 0 bridgehead atoms. The second-order valence-corrected chi connectivity index (χ2v) is 8.01. The van der Waals surface area contributed by atoms with Gasteiger partial charge in [-0.05, 0) is 36.7 Å². The number of sulfone groups is 1. The Hall–Kier alpha value is -0.820. The number of piperidine rings is 1. The van der Waals surface area contributed by atoms with Crippen LogP contribution in [0.4, 0.5) is 10.8 Å². The molecule has 0 aliphatic carbocycles. The first-order valence-electron chi connectivity index (χ1n) is 6.68. The Labute approximate surface area is 118 Å². The molecule has 1 atom stereocenters. The standard InChI is InChI=1S/C12H21N3O2S2/c1-3-7-19(16,17)10-11(13)14-18-12(10)15-6-4-5-9(2)8-15/h9H,3-8H2,1-2H3,(H2,13,14). The Balaban J connectivity index is 2.37. The summed E-state index contributed by atoms with van der Waals surface area (Å²) in [5.74, 6) is 0.872. The minimum atomic E-state index is -3.31. The Morgan fingerprint density at radius 1 is 1.53 bits per heavy atom. The lowest BCUT2D eigenvalue weighted by Crippen LogP contribution is -2.34. The molecule has 0 spiro atoms. The monoisotopic (exact) mass is 303 g/mol. The molecule has 1 fully saturated rings. The Morgan fingerprint density at radius 3 is 2.89 bits per heavy atom. The molecule has 7 heteroatoms. The van der Waals surface area contributed by atoms with Gasteiger partial charge in [-0.15, -0.1) is 0 Å². The van der Waals surface area contributed by atoms with E-state index in [9.17, 15) is 8.42 Å². The highest BCUT2D eigenvalue weighted by molar-refractivity contribution is 7.91. The summed E-state index contributed by atoms with van der Waals surface area (Å²) in [6.45, 7) is 5.82. The highest BCUT2D eigenvalue weighted by Gasteiger charge is 2.29. The van der Waals surface area contributed by atoms with Gasteiger partial charge in [0.1, 0.15) is 9.90 Å². The molecule has 1 aliphatic heterocycles.